The van der Waals surface area contributed by atoms with Gasteiger partial charge in [0, 0.05) is 12.6 Å². The fraction of sp³-hybridized carbons (Fsp3) is 0.611. The first kappa shape index (κ1) is 17.3. The van der Waals surface area contributed by atoms with Crippen molar-refractivity contribution < 1.29 is 4.79 Å². The zero-order valence-corrected chi connectivity index (χ0v) is 14.1. The third kappa shape index (κ3) is 4.99. The van der Waals surface area contributed by atoms with Crippen LogP contribution in [0.5, 0.6) is 0 Å². The first-order chi connectivity index (χ1) is 10.2. The van der Waals surface area contributed by atoms with Crippen LogP contribution in [0.15, 0.2) is 30.3 Å². The van der Waals surface area contributed by atoms with E-state index in [0.29, 0.717) is 18.5 Å². The van der Waals surface area contributed by atoms with Gasteiger partial charge in [-0.3, -0.25) is 4.79 Å². The molecule has 122 valence electrons. The molecule has 0 aromatic heterocycles. The maximum atomic E-state index is 12.6. The lowest BCUT2D eigenvalue weighted by atomic mass is 10.1. The number of carbonyl (C=O) groups is 1. The Kier molecular flexibility index (Phi) is 6.27. The van der Waals surface area contributed by atoms with Gasteiger partial charge in [-0.15, -0.1) is 12.4 Å². The van der Waals surface area contributed by atoms with Crippen LogP contribution >= 0.6 is 12.4 Å². The van der Waals surface area contributed by atoms with Crippen molar-refractivity contribution in [2.75, 3.05) is 13.1 Å². The molecule has 22 heavy (non-hydrogen) atoms. The Morgan fingerprint density at radius 1 is 1.23 bits per heavy atom. The average molecular weight is 323 g/mol. The summed E-state index contributed by atoms with van der Waals surface area (Å²) in [5.74, 6) is 1.78. The van der Waals surface area contributed by atoms with Crippen LogP contribution in [0.1, 0.15) is 38.2 Å². The van der Waals surface area contributed by atoms with Gasteiger partial charge < -0.3 is 10.2 Å². The quantitative estimate of drug-likeness (QED) is 0.797. The predicted molar refractivity (Wildman–Crippen MR) is 92.0 cm³/mol. The second-order valence-electron chi connectivity index (χ2n) is 6.66. The summed E-state index contributed by atoms with van der Waals surface area (Å²) in [7, 11) is 0. The van der Waals surface area contributed by atoms with Crippen LogP contribution in [-0.2, 0) is 11.3 Å². The Labute approximate surface area is 139 Å². The normalized spacial score (nSPS) is 18.4. The highest BCUT2D eigenvalue weighted by atomic mass is 35.5. The number of benzene rings is 1. The zero-order valence-electron chi connectivity index (χ0n) is 13.3. The zero-order chi connectivity index (χ0) is 14.7. The highest BCUT2D eigenvalue weighted by Gasteiger charge is 2.34. The molecule has 0 heterocycles. The summed E-state index contributed by atoms with van der Waals surface area (Å²) in [5, 5.41) is 3.34. The minimum Gasteiger partial charge on any atom is -0.334 e. The predicted octanol–water partition coefficient (Wildman–Crippen LogP) is 3.24. The molecule has 1 amide bonds. The Morgan fingerprint density at radius 3 is 2.50 bits per heavy atom. The molecule has 0 radical (unpaired) electrons. The molecular formula is C18H27ClN2O. The standard InChI is InChI=1S/C18H26N2O.ClH/c1-14(17-9-10-17)20(13-16-5-3-2-4-6-16)18(21)12-19-11-15-7-8-15;/h2-6,14-15,17,19H,7-13H2,1H3;1H. The molecule has 3 nitrogen and oxygen atoms in total. The molecule has 2 fully saturated rings. The Morgan fingerprint density at radius 2 is 1.91 bits per heavy atom. The van der Waals surface area contributed by atoms with Crippen LogP contribution in [-0.4, -0.2) is 29.9 Å². The summed E-state index contributed by atoms with van der Waals surface area (Å²) in [4.78, 5) is 14.7. The molecule has 3 rings (SSSR count). The summed E-state index contributed by atoms with van der Waals surface area (Å²) < 4.78 is 0. The minimum atomic E-state index is 0. The van der Waals surface area contributed by atoms with Gasteiger partial charge in [-0.1, -0.05) is 30.3 Å². The van der Waals surface area contributed by atoms with E-state index >= 15 is 0 Å². The lowest BCUT2D eigenvalue weighted by Gasteiger charge is -2.30. The Hall–Kier alpha value is -1.06. The van der Waals surface area contributed by atoms with E-state index < -0.39 is 0 Å². The number of hydrogen-bond donors (Lipinski definition) is 1. The van der Waals surface area contributed by atoms with Crippen LogP contribution in [0.25, 0.3) is 0 Å². The molecule has 1 unspecified atom stereocenters. The fourth-order valence-electron chi connectivity index (χ4n) is 2.88. The number of nitrogens with one attached hydrogen (secondary N) is 1. The van der Waals surface area contributed by atoms with Crippen LogP contribution < -0.4 is 5.32 Å². The van der Waals surface area contributed by atoms with E-state index in [9.17, 15) is 4.79 Å². The molecule has 4 heteroatoms. The molecular weight excluding hydrogens is 296 g/mol. The summed E-state index contributed by atoms with van der Waals surface area (Å²) in [6.45, 7) is 4.44. The highest BCUT2D eigenvalue weighted by Crippen LogP contribution is 2.35. The van der Waals surface area contributed by atoms with Crippen LogP contribution in [0.4, 0.5) is 0 Å². The van der Waals surface area contributed by atoms with Crippen molar-refractivity contribution in [2.45, 2.75) is 45.2 Å². The molecule has 2 saturated carbocycles. The Bertz CT molecular complexity index is 471. The molecule has 1 aromatic rings. The van der Waals surface area contributed by atoms with Gasteiger partial charge in [0.1, 0.15) is 0 Å². The molecule has 1 N–H and O–H groups in total. The number of carbonyl (C=O) groups excluding carboxylic acids is 1. The fourth-order valence-corrected chi connectivity index (χ4v) is 2.88. The minimum absolute atomic E-state index is 0. The molecule has 2 aliphatic carbocycles. The van der Waals surface area contributed by atoms with Crippen LogP contribution in [0.2, 0.25) is 0 Å². The van der Waals surface area contributed by atoms with Crippen molar-refractivity contribution in [1.82, 2.24) is 10.2 Å². The molecule has 2 aliphatic rings. The van der Waals surface area contributed by atoms with Gasteiger partial charge in [-0.25, -0.2) is 0 Å². The van der Waals surface area contributed by atoms with E-state index in [2.05, 4.69) is 29.3 Å². The van der Waals surface area contributed by atoms with Gasteiger partial charge >= 0.3 is 0 Å². The van der Waals surface area contributed by atoms with Crippen molar-refractivity contribution in [3.8, 4) is 0 Å². The summed E-state index contributed by atoms with van der Waals surface area (Å²) >= 11 is 0. The number of amides is 1. The van der Waals surface area contributed by atoms with E-state index in [0.717, 1.165) is 19.0 Å². The third-order valence-electron chi connectivity index (χ3n) is 4.72. The lowest BCUT2D eigenvalue weighted by Crippen LogP contribution is -2.44. The van der Waals surface area contributed by atoms with Crippen molar-refractivity contribution in [1.29, 1.82) is 0 Å². The first-order valence-corrected chi connectivity index (χ1v) is 8.28. The maximum Gasteiger partial charge on any atom is 0.237 e. The first-order valence-electron chi connectivity index (χ1n) is 8.28. The molecule has 1 atom stereocenters. The van der Waals surface area contributed by atoms with E-state index in [1.807, 2.05) is 18.2 Å². The van der Waals surface area contributed by atoms with Crippen molar-refractivity contribution in [2.24, 2.45) is 11.8 Å². The Balaban J connectivity index is 0.00000176. The SMILES string of the molecule is CC(C1CC1)N(Cc1ccccc1)C(=O)CNCC1CC1.Cl. The van der Waals surface area contributed by atoms with Crippen molar-refractivity contribution in [3.63, 3.8) is 0 Å². The van der Waals surface area contributed by atoms with Gasteiger partial charge in [-0.05, 0) is 56.6 Å². The molecule has 0 aliphatic heterocycles. The monoisotopic (exact) mass is 322 g/mol. The third-order valence-corrected chi connectivity index (χ3v) is 4.72. The smallest absolute Gasteiger partial charge is 0.237 e. The van der Waals surface area contributed by atoms with Gasteiger partial charge in [0.2, 0.25) is 5.91 Å². The largest absolute Gasteiger partial charge is 0.334 e. The van der Waals surface area contributed by atoms with Crippen molar-refractivity contribution in [3.05, 3.63) is 35.9 Å². The summed E-state index contributed by atoms with van der Waals surface area (Å²) in [5.41, 5.74) is 1.22. The van der Waals surface area contributed by atoms with Gasteiger partial charge in [0.15, 0.2) is 0 Å². The van der Waals surface area contributed by atoms with E-state index in [-0.39, 0.29) is 18.3 Å². The molecule has 1 aromatic carbocycles. The second-order valence-corrected chi connectivity index (χ2v) is 6.66. The number of nitrogens with zero attached hydrogens (tertiary/aromatic N) is 1. The molecule has 0 spiro atoms. The van der Waals surface area contributed by atoms with Crippen LogP contribution in [0, 0.1) is 11.8 Å². The topological polar surface area (TPSA) is 32.3 Å². The van der Waals surface area contributed by atoms with Gasteiger partial charge in [-0.2, -0.15) is 0 Å². The average Bonchev–Trinajstić information content (AvgIpc) is 3.38. The number of rotatable bonds is 8. The number of hydrogen-bond acceptors (Lipinski definition) is 2. The highest BCUT2D eigenvalue weighted by molar-refractivity contribution is 5.85. The van der Waals surface area contributed by atoms with E-state index in [4.69, 9.17) is 0 Å². The number of halogens is 1. The van der Waals surface area contributed by atoms with E-state index in [1.54, 1.807) is 0 Å². The van der Waals surface area contributed by atoms with E-state index in [1.165, 1.54) is 31.2 Å². The molecule has 0 bridgehead atoms. The lowest BCUT2D eigenvalue weighted by molar-refractivity contribution is -0.133. The second kappa shape index (κ2) is 7.98. The summed E-state index contributed by atoms with van der Waals surface area (Å²) in [6, 6.07) is 10.7. The van der Waals surface area contributed by atoms with Crippen molar-refractivity contribution >= 4 is 18.3 Å². The van der Waals surface area contributed by atoms with Gasteiger partial charge in [0.25, 0.3) is 0 Å². The van der Waals surface area contributed by atoms with Gasteiger partial charge in [0.05, 0.1) is 6.54 Å². The molecule has 0 saturated heterocycles. The summed E-state index contributed by atoms with van der Waals surface area (Å²) in [6.07, 6.45) is 5.20. The van der Waals surface area contributed by atoms with Crippen LogP contribution in [0.3, 0.4) is 0 Å². The maximum absolute atomic E-state index is 12.6.